The molecular formula is C15H27ClN2O3. The molecule has 0 N–H and O–H groups in total. The molecule has 0 aromatic rings. The summed E-state index contributed by atoms with van der Waals surface area (Å²) in [6.45, 7) is 10.7. The first-order chi connectivity index (χ1) is 9.65. The Morgan fingerprint density at radius 3 is 2.48 bits per heavy atom. The number of ether oxygens (including phenoxy) is 1. The van der Waals surface area contributed by atoms with E-state index in [1.165, 1.54) is 0 Å². The van der Waals surface area contributed by atoms with E-state index in [0.717, 1.165) is 12.8 Å². The first-order valence-corrected chi connectivity index (χ1v) is 8.04. The normalized spacial score (nSPS) is 19.0. The SMILES string of the molecule is CC(C)N(C[C@H]1CCCN1C(=O)OC(C)(C)C)C(=O)CCl. The molecule has 122 valence electrons. The van der Waals surface area contributed by atoms with Crippen LogP contribution in [0.4, 0.5) is 4.79 Å². The van der Waals surface area contributed by atoms with Crippen LogP contribution in [0.1, 0.15) is 47.5 Å². The summed E-state index contributed by atoms with van der Waals surface area (Å²) >= 11 is 5.67. The third-order valence-corrected chi connectivity index (χ3v) is 3.70. The first kappa shape index (κ1) is 18.1. The van der Waals surface area contributed by atoms with Crippen LogP contribution in [0.15, 0.2) is 0 Å². The van der Waals surface area contributed by atoms with Gasteiger partial charge in [0.15, 0.2) is 0 Å². The zero-order chi connectivity index (χ0) is 16.2. The Labute approximate surface area is 132 Å². The second-order valence-electron chi connectivity index (χ2n) is 6.74. The van der Waals surface area contributed by atoms with E-state index >= 15 is 0 Å². The van der Waals surface area contributed by atoms with Crippen LogP contribution in [0.2, 0.25) is 0 Å². The van der Waals surface area contributed by atoms with Gasteiger partial charge in [-0.2, -0.15) is 0 Å². The molecule has 1 fully saturated rings. The molecule has 21 heavy (non-hydrogen) atoms. The number of rotatable bonds is 4. The predicted molar refractivity (Wildman–Crippen MR) is 83.5 cm³/mol. The van der Waals surface area contributed by atoms with Crippen molar-refractivity contribution in [1.82, 2.24) is 9.80 Å². The van der Waals surface area contributed by atoms with E-state index in [2.05, 4.69) is 0 Å². The molecule has 1 saturated heterocycles. The number of carbonyl (C=O) groups is 2. The van der Waals surface area contributed by atoms with Gasteiger partial charge in [-0.1, -0.05) is 0 Å². The largest absolute Gasteiger partial charge is 0.444 e. The molecule has 1 atom stereocenters. The van der Waals surface area contributed by atoms with Gasteiger partial charge in [-0.05, 0) is 47.5 Å². The Bertz CT molecular complexity index is 380. The van der Waals surface area contributed by atoms with Gasteiger partial charge in [-0.25, -0.2) is 4.79 Å². The maximum atomic E-state index is 12.2. The minimum Gasteiger partial charge on any atom is -0.444 e. The fourth-order valence-corrected chi connectivity index (χ4v) is 2.64. The number of nitrogens with zero attached hydrogens (tertiary/aromatic N) is 2. The van der Waals surface area contributed by atoms with Gasteiger partial charge < -0.3 is 14.5 Å². The van der Waals surface area contributed by atoms with Crippen LogP contribution in [-0.2, 0) is 9.53 Å². The van der Waals surface area contributed by atoms with Crippen LogP contribution < -0.4 is 0 Å². The Morgan fingerprint density at radius 2 is 2.00 bits per heavy atom. The maximum Gasteiger partial charge on any atom is 0.410 e. The molecule has 0 unspecified atom stereocenters. The highest BCUT2D eigenvalue weighted by Gasteiger charge is 2.34. The average Bonchev–Trinajstić information content (AvgIpc) is 2.80. The number of likely N-dealkylation sites (tertiary alicyclic amines) is 1. The predicted octanol–water partition coefficient (Wildman–Crippen LogP) is 2.86. The van der Waals surface area contributed by atoms with E-state index in [1.54, 1.807) is 9.80 Å². The zero-order valence-electron chi connectivity index (χ0n) is 13.7. The molecule has 1 aliphatic rings. The van der Waals surface area contributed by atoms with E-state index in [0.29, 0.717) is 13.1 Å². The Kier molecular flexibility index (Phi) is 6.32. The fraction of sp³-hybridized carbons (Fsp3) is 0.867. The summed E-state index contributed by atoms with van der Waals surface area (Å²) in [6, 6.07) is 0.0757. The van der Waals surface area contributed by atoms with Gasteiger partial charge >= 0.3 is 6.09 Å². The van der Waals surface area contributed by atoms with Crippen molar-refractivity contribution in [1.29, 1.82) is 0 Å². The molecule has 1 heterocycles. The summed E-state index contributed by atoms with van der Waals surface area (Å²) in [5, 5.41) is 0. The van der Waals surface area contributed by atoms with E-state index in [-0.39, 0.29) is 30.0 Å². The summed E-state index contributed by atoms with van der Waals surface area (Å²) in [5.41, 5.74) is -0.506. The van der Waals surface area contributed by atoms with E-state index in [4.69, 9.17) is 16.3 Å². The Balaban J connectivity index is 2.72. The summed E-state index contributed by atoms with van der Waals surface area (Å²) in [4.78, 5) is 27.6. The molecule has 0 aromatic carbocycles. The van der Waals surface area contributed by atoms with E-state index < -0.39 is 5.60 Å². The summed E-state index contributed by atoms with van der Waals surface area (Å²) in [7, 11) is 0. The van der Waals surface area contributed by atoms with Crippen molar-refractivity contribution in [2.75, 3.05) is 19.0 Å². The van der Waals surface area contributed by atoms with Crippen molar-refractivity contribution >= 4 is 23.6 Å². The Hall–Kier alpha value is -0.970. The lowest BCUT2D eigenvalue weighted by atomic mass is 10.2. The van der Waals surface area contributed by atoms with Crippen molar-refractivity contribution < 1.29 is 14.3 Å². The lowest BCUT2D eigenvalue weighted by Crippen LogP contribution is -2.49. The highest BCUT2D eigenvalue weighted by Crippen LogP contribution is 2.22. The van der Waals surface area contributed by atoms with E-state index in [1.807, 2.05) is 34.6 Å². The molecule has 0 aromatic heterocycles. The summed E-state index contributed by atoms with van der Waals surface area (Å²) in [5.74, 6) is -0.125. The lowest BCUT2D eigenvalue weighted by molar-refractivity contribution is -0.131. The van der Waals surface area contributed by atoms with Crippen LogP contribution in [0.3, 0.4) is 0 Å². The van der Waals surface area contributed by atoms with Crippen molar-refractivity contribution in [3.05, 3.63) is 0 Å². The molecule has 6 heteroatoms. The number of hydrogen-bond acceptors (Lipinski definition) is 3. The molecule has 0 aliphatic carbocycles. The second kappa shape index (κ2) is 7.34. The Morgan fingerprint density at radius 1 is 1.38 bits per heavy atom. The number of carbonyl (C=O) groups excluding carboxylic acids is 2. The minimum atomic E-state index is -0.506. The van der Waals surface area contributed by atoms with Crippen molar-refractivity contribution in [2.45, 2.75) is 65.1 Å². The van der Waals surface area contributed by atoms with Crippen molar-refractivity contribution in [3.63, 3.8) is 0 Å². The van der Waals surface area contributed by atoms with Gasteiger partial charge in [0.2, 0.25) is 5.91 Å². The second-order valence-corrected chi connectivity index (χ2v) is 7.01. The smallest absolute Gasteiger partial charge is 0.410 e. The third-order valence-electron chi connectivity index (χ3n) is 3.47. The van der Waals surface area contributed by atoms with Crippen LogP contribution >= 0.6 is 11.6 Å². The number of halogens is 1. The van der Waals surface area contributed by atoms with Gasteiger partial charge in [-0.15, -0.1) is 11.6 Å². The monoisotopic (exact) mass is 318 g/mol. The molecular weight excluding hydrogens is 292 g/mol. The molecule has 2 amide bonds. The van der Waals surface area contributed by atoms with Gasteiger partial charge in [0.05, 0.1) is 6.04 Å². The van der Waals surface area contributed by atoms with Crippen LogP contribution in [0.5, 0.6) is 0 Å². The van der Waals surface area contributed by atoms with E-state index in [9.17, 15) is 9.59 Å². The zero-order valence-corrected chi connectivity index (χ0v) is 14.4. The minimum absolute atomic E-state index is 0.00872. The summed E-state index contributed by atoms with van der Waals surface area (Å²) < 4.78 is 5.44. The van der Waals surface area contributed by atoms with Gasteiger partial charge in [0.25, 0.3) is 0 Å². The molecule has 0 saturated carbocycles. The standard InChI is InChI=1S/C15H27ClN2O3/c1-11(2)18(13(19)9-16)10-12-7-6-8-17(12)14(20)21-15(3,4)5/h11-12H,6-10H2,1-5H3/t12-/m1/s1. The molecule has 0 bridgehead atoms. The van der Waals surface area contributed by atoms with Crippen LogP contribution in [-0.4, -0.2) is 58.5 Å². The van der Waals surface area contributed by atoms with Crippen LogP contribution in [0.25, 0.3) is 0 Å². The number of alkyl halides is 1. The number of hydrogen-bond donors (Lipinski definition) is 0. The third kappa shape index (κ3) is 5.38. The summed E-state index contributed by atoms with van der Waals surface area (Å²) in [6.07, 6.45) is 1.52. The van der Waals surface area contributed by atoms with Gasteiger partial charge in [0, 0.05) is 19.1 Å². The van der Waals surface area contributed by atoms with Crippen molar-refractivity contribution in [3.8, 4) is 0 Å². The van der Waals surface area contributed by atoms with Crippen molar-refractivity contribution in [2.24, 2.45) is 0 Å². The van der Waals surface area contributed by atoms with Crippen LogP contribution in [0, 0.1) is 0 Å². The fourth-order valence-electron chi connectivity index (χ4n) is 2.49. The highest BCUT2D eigenvalue weighted by molar-refractivity contribution is 6.27. The quantitative estimate of drug-likeness (QED) is 0.749. The average molecular weight is 319 g/mol. The first-order valence-electron chi connectivity index (χ1n) is 7.50. The highest BCUT2D eigenvalue weighted by atomic mass is 35.5. The number of amides is 2. The molecule has 1 aliphatic heterocycles. The topological polar surface area (TPSA) is 49.9 Å². The van der Waals surface area contributed by atoms with Gasteiger partial charge in [-0.3, -0.25) is 4.79 Å². The lowest BCUT2D eigenvalue weighted by Gasteiger charge is -2.34. The molecule has 0 radical (unpaired) electrons. The molecule has 0 spiro atoms. The maximum absolute atomic E-state index is 12.2. The molecule has 1 rings (SSSR count). The molecule has 5 nitrogen and oxygen atoms in total. The van der Waals surface area contributed by atoms with Gasteiger partial charge in [0.1, 0.15) is 11.5 Å².